The van der Waals surface area contributed by atoms with Crippen molar-refractivity contribution in [3.8, 4) is 11.5 Å². The molecule has 0 spiro atoms. The van der Waals surface area contributed by atoms with Crippen LogP contribution < -0.4 is 0 Å². The van der Waals surface area contributed by atoms with Crippen LogP contribution in [0, 0.1) is 11.5 Å². The Hall–Kier alpha value is -0.783. The highest BCUT2D eigenvalue weighted by Gasteiger charge is 2.51. The summed E-state index contributed by atoms with van der Waals surface area (Å²) in [4.78, 5) is 0. The lowest BCUT2D eigenvalue weighted by molar-refractivity contribution is 0.378. The molecule has 1 aliphatic rings. The topological polar surface area (TPSA) is 12.5 Å². The van der Waals surface area contributed by atoms with Gasteiger partial charge in [-0.2, -0.15) is 0 Å². The molecule has 0 aromatic heterocycles. The zero-order valence-electron chi connectivity index (χ0n) is 10.3. The number of ether oxygens (including phenoxy) is 1. The molecule has 1 rings (SSSR count). The van der Waals surface area contributed by atoms with Gasteiger partial charge in [-0.05, 0) is 26.0 Å². The number of epoxide rings is 1. The van der Waals surface area contributed by atoms with Gasteiger partial charge < -0.3 is 4.74 Å². The summed E-state index contributed by atoms with van der Waals surface area (Å²) in [7, 11) is -1.28. The van der Waals surface area contributed by atoms with E-state index in [-0.39, 0.29) is 11.7 Å². The highest BCUT2D eigenvalue weighted by molar-refractivity contribution is 6.83. The van der Waals surface area contributed by atoms with E-state index in [4.69, 9.17) is 4.74 Å². The van der Waals surface area contributed by atoms with Crippen LogP contribution in [0.1, 0.15) is 13.8 Å². The smallest absolute Gasteiger partial charge is 0.155 e. The van der Waals surface area contributed by atoms with Crippen molar-refractivity contribution in [3.63, 3.8) is 0 Å². The largest absolute Gasteiger partial charge is 0.343 e. The summed E-state index contributed by atoms with van der Waals surface area (Å²) < 4.78 is 5.66. The van der Waals surface area contributed by atoms with Crippen LogP contribution in [0.5, 0.6) is 0 Å². The molecule has 0 amide bonds. The van der Waals surface area contributed by atoms with Crippen molar-refractivity contribution in [2.24, 2.45) is 0 Å². The lowest BCUT2D eigenvalue weighted by Gasteiger charge is -2.03. The van der Waals surface area contributed by atoms with E-state index < -0.39 is 8.07 Å². The summed E-state index contributed by atoms with van der Waals surface area (Å²) in [6.07, 6.45) is 8.27. The summed E-state index contributed by atoms with van der Waals surface area (Å²) in [5.41, 5.74) is 3.13. The van der Waals surface area contributed by atoms with Crippen molar-refractivity contribution in [3.05, 3.63) is 24.3 Å². The van der Waals surface area contributed by atoms with Gasteiger partial charge in [0.15, 0.2) is 6.10 Å². The Balaban J connectivity index is 2.73. The Bertz CT molecular complexity index is 324. The fourth-order valence-electron chi connectivity index (χ4n) is 1.42. The number of rotatable bonds is 2. The summed E-state index contributed by atoms with van der Waals surface area (Å²) >= 11 is 0. The zero-order valence-corrected chi connectivity index (χ0v) is 11.3. The Kier molecular flexibility index (Phi) is 3.59. The molecule has 1 fully saturated rings. The molecule has 1 unspecified atom stereocenters. The molecule has 1 atom stereocenters. The van der Waals surface area contributed by atoms with E-state index in [1.807, 2.05) is 26.0 Å². The molecule has 0 N–H and O–H groups in total. The van der Waals surface area contributed by atoms with E-state index >= 15 is 0 Å². The molecular weight excluding hydrogens is 200 g/mol. The lowest BCUT2D eigenvalue weighted by Crippen LogP contribution is -2.17. The minimum Gasteiger partial charge on any atom is -0.343 e. The Labute approximate surface area is 94.2 Å². The van der Waals surface area contributed by atoms with E-state index in [0.717, 1.165) is 0 Å². The molecular formula is C13H20OSi. The maximum Gasteiger partial charge on any atom is 0.155 e. The van der Waals surface area contributed by atoms with E-state index in [0.29, 0.717) is 0 Å². The van der Waals surface area contributed by atoms with Gasteiger partial charge in [0.1, 0.15) is 13.7 Å². The molecule has 0 saturated carbocycles. The van der Waals surface area contributed by atoms with Gasteiger partial charge in [0.2, 0.25) is 0 Å². The van der Waals surface area contributed by atoms with Crippen LogP contribution >= 0.6 is 0 Å². The monoisotopic (exact) mass is 220 g/mol. The molecule has 2 heteroatoms. The van der Waals surface area contributed by atoms with Gasteiger partial charge in [-0.15, -0.1) is 5.54 Å². The van der Waals surface area contributed by atoms with Gasteiger partial charge in [-0.1, -0.05) is 37.7 Å². The highest BCUT2D eigenvalue weighted by atomic mass is 28.3. The predicted octanol–water partition coefficient (Wildman–Crippen LogP) is 3.16. The molecule has 15 heavy (non-hydrogen) atoms. The first-order valence-corrected chi connectivity index (χ1v) is 8.92. The van der Waals surface area contributed by atoms with Gasteiger partial charge in [0, 0.05) is 0 Å². The van der Waals surface area contributed by atoms with Crippen LogP contribution in [0.4, 0.5) is 0 Å². The molecule has 0 aromatic carbocycles. The van der Waals surface area contributed by atoms with E-state index in [1.54, 1.807) is 0 Å². The van der Waals surface area contributed by atoms with Crippen LogP contribution in [-0.2, 0) is 4.74 Å². The van der Waals surface area contributed by atoms with Gasteiger partial charge >= 0.3 is 0 Å². The molecule has 0 radical (unpaired) electrons. The summed E-state index contributed by atoms with van der Waals surface area (Å²) in [5.74, 6) is 3.24. The van der Waals surface area contributed by atoms with Crippen molar-refractivity contribution < 1.29 is 4.74 Å². The highest BCUT2D eigenvalue weighted by Crippen LogP contribution is 2.39. The molecule has 0 aliphatic carbocycles. The first-order valence-electron chi connectivity index (χ1n) is 5.42. The fourth-order valence-corrected chi connectivity index (χ4v) is 1.99. The second-order valence-electron chi connectivity index (χ2n) is 4.87. The predicted molar refractivity (Wildman–Crippen MR) is 68.4 cm³/mol. The number of hydrogen-bond acceptors (Lipinski definition) is 1. The zero-order chi connectivity index (χ0) is 11.5. The van der Waals surface area contributed by atoms with Gasteiger partial charge in [0.25, 0.3) is 0 Å². The van der Waals surface area contributed by atoms with Crippen LogP contribution in [0.25, 0.3) is 0 Å². The average Bonchev–Trinajstić information content (AvgIpc) is 2.76. The molecule has 0 aromatic rings. The second kappa shape index (κ2) is 4.38. The number of hydrogen-bond donors (Lipinski definition) is 0. The van der Waals surface area contributed by atoms with E-state index in [2.05, 4.69) is 43.3 Å². The molecule has 1 aliphatic heterocycles. The standard InChI is InChI=1S/C13H20OSi/c1-6-9-13(10-7-2)12(14-13)8-11-15(3,4)5/h6-7,9-10,12H,1-5H3/b9-6+,10-7+. The summed E-state index contributed by atoms with van der Waals surface area (Å²) in [6, 6.07) is 0. The van der Waals surface area contributed by atoms with Gasteiger partial charge in [0.05, 0.1) is 0 Å². The third-order valence-corrected chi connectivity index (χ3v) is 3.00. The SMILES string of the molecule is C/C=C/C1(/C=C/C)OC1C#C[Si](C)(C)C. The minimum absolute atomic E-state index is 0.0663. The van der Waals surface area contributed by atoms with Crippen molar-refractivity contribution in [1.82, 2.24) is 0 Å². The van der Waals surface area contributed by atoms with Crippen molar-refractivity contribution in [2.45, 2.75) is 45.2 Å². The van der Waals surface area contributed by atoms with E-state index in [9.17, 15) is 0 Å². The Morgan fingerprint density at radius 2 is 1.67 bits per heavy atom. The first-order chi connectivity index (χ1) is 6.93. The van der Waals surface area contributed by atoms with Crippen LogP contribution in [0.15, 0.2) is 24.3 Å². The minimum atomic E-state index is -1.28. The fraction of sp³-hybridized carbons (Fsp3) is 0.538. The quantitative estimate of drug-likeness (QED) is 0.301. The molecule has 1 heterocycles. The molecule has 0 bridgehead atoms. The second-order valence-corrected chi connectivity index (χ2v) is 9.62. The van der Waals surface area contributed by atoms with Crippen molar-refractivity contribution >= 4 is 8.07 Å². The Morgan fingerprint density at radius 1 is 1.13 bits per heavy atom. The molecule has 82 valence electrons. The third-order valence-electron chi connectivity index (χ3n) is 2.11. The molecule has 1 saturated heterocycles. The first kappa shape index (κ1) is 12.3. The van der Waals surface area contributed by atoms with Crippen LogP contribution in [0.3, 0.4) is 0 Å². The third kappa shape index (κ3) is 3.37. The number of allylic oxidation sites excluding steroid dienone is 2. The van der Waals surface area contributed by atoms with Gasteiger partial charge in [-0.3, -0.25) is 0 Å². The summed E-state index contributed by atoms with van der Waals surface area (Å²) in [6.45, 7) is 10.8. The van der Waals surface area contributed by atoms with Crippen molar-refractivity contribution in [1.29, 1.82) is 0 Å². The van der Waals surface area contributed by atoms with Crippen molar-refractivity contribution in [2.75, 3.05) is 0 Å². The molecule has 1 nitrogen and oxygen atoms in total. The van der Waals surface area contributed by atoms with Crippen LogP contribution in [-0.4, -0.2) is 19.8 Å². The van der Waals surface area contributed by atoms with E-state index in [1.165, 1.54) is 0 Å². The summed E-state index contributed by atoms with van der Waals surface area (Å²) in [5, 5.41) is 0. The normalized spacial score (nSPS) is 24.2. The lowest BCUT2D eigenvalue weighted by atomic mass is 10.0. The maximum absolute atomic E-state index is 5.66. The average molecular weight is 220 g/mol. The Morgan fingerprint density at radius 3 is 2.07 bits per heavy atom. The van der Waals surface area contributed by atoms with Gasteiger partial charge in [-0.25, -0.2) is 0 Å². The van der Waals surface area contributed by atoms with Crippen LogP contribution in [0.2, 0.25) is 19.6 Å². The maximum atomic E-state index is 5.66.